The molecule has 4 aromatic rings. The predicted molar refractivity (Wildman–Crippen MR) is 107 cm³/mol. The standard InChI is InChI=1S/C22H21N2OS/c1-12(2)9-17-21-19-20(24(4)11-23-22(19)26-17)18-13(3)15-8-6-5-7-14(15)10-16(18)25-21/h5-8,10-12H,9H2,1-4H3/q+1. The van der Waals surface area contributed by atoms with E-state index in [4.69, 9.17) is 4.74 Å². The summed E-state index contributed by atoms with van der Waals surface area (Å²) in [6, 6.07) is 10.7. The van der Waals surface area contributed by atoms with Crippen LogP contribution in [-0.2, 0) is 13.5 Å². The molecule has 1 aliphatic heterocycles. The van der Waals surface area contributed by atoms with Crippen molar-refractivity contribution in [2.75, 3.05) is 0 Å². The number of rotatable bonds is 2. The molecule has 0 N–H and O–H groups in total. The Morgan fingerprint density at radius 2 is 2.04 bits per heavy atom. The number of nitrogens with zero attached hydrogens (tertiary/aromatic N) is 2. The average Bonchev–Trinajstić information content (AvgIpc) is 2.95. The van der Waals surface area contributed by atoms with Crippen molar-refractivity contribution in [3.8, 4) is 22.8 Å². The molecule has 130 valence electrons. The van der Waals surface area contributed by atoms with E-state index >= 15 is 0 Å². The number of hydrogen-bond acceptors (Lipinski definition) is 3. The van der Waals surface area contributed by atoms with Crippen LogP contribution in [0, 0.1) is 12.8 Å². The zero-order chi connectivity index (χ0) is 18.0. The molecule has 4 heteroatoms. The van der Waals surface area contributed by atoms with E-state index in [9.17, 15) is 0 Å². The zero-order valence-electron chi connectivity index (χ0n) is 15.5. The molecule has 0 radical (unpaired) electrons. The molecule has 2 aromatic carbocycles. The molecular weight excluding hydrogens is 340 g/mol. The van der Waals surface area contributed by atoms with Crippen LogP contribution in [0.25, 0.3) is 32.2 Å². The van der Waals surface area contributed by atoms with E-state index < -0.39 is 0 Å². The largest absolute Gasteiger partial charge is 0.454 e. The maximum atomic E-state index is 6.52. The topological polar surface area (TPSA) is 26.0 Å². The molecule has 0 unspecified atom stereocenters. The van der Waals surface area contributed by atoms with Crippen molar-refractivity contribution in [2.45, 2.75) is 27.2 Å². The van der Waals surface area contributed by atoms with Gasteiger partial charge in [0.15, 0.2) is 11.4 Å². The summed E-state index contributed by atoms with van der Waals surface area (Å²) in [6.07, 6.45) is 2.95. The number of ether oxygens (including phenoxy) is 1. The van der Waals surface area contributed by atoms with Crippen LogP contribution < -0.4 is 9.30 Å². The number of aromatic nitrogens is 2. The predicted octanol–water partition coefficient (Wildman–Crippen LogP) is 5.55. The van der Waals surface area contributed by atoms with Gasteiger partial charge in [-0.15, -0.1) is 0 Å². The Morgan fingerprint density at radius 3 is 2.85 bits per heavy atom. The normalized spacial score (nSPS) is 12.7. The molecule has 0 spiro atoms. The first-order chi connectivity index (χ1) is 12.5. The smallest absolute Gasteiger partial charge is 0.288 e. The van der Waals surface area contributed by atoms with Gasteiger partial charge in [0.2, 0.25) is 4.83 Å². The summed E-state index contributed by atoms with van der Waals surface area (Å²) in [5.41, 5.74) is 3.68. The second kappa shape index (κ2) is 5.52. The highest BCUT2D eigenvalue weighted by molar-refractivity contribution is 7.19. The first kappa shape index (κ1) is 15.8. The van der Waals surface area contributed by atoms with Gasteiger partial charge in [-0.05, 0) is 46.6 Å². The van der Waals surface area contributed by atoms with Crippen LogP contribution in [0.5, 0.6) is 11.5 Å². The van der Waals surface area contributed by atoms with E-state index in [1.54, 1.807) is 11.3 Å². The molecule has 0 bridgehead atoms. The number of hydrogen-bond donors (Lipinski definition) is 0. The molecule has 2 aromatic heterocycles. The lowest BCUT2D eigenvalue weighted by molar-refractivity contribution is -0.662. The van der Waals surface area contributed by atoms with Crippen molar-refractivity contribution in [1.29, 1.82) is 0 Å². The lowest BCUT2D eigenvalue weighted by atomic mass is 9.93. The molecule has 26 heavy (non-hydrogen) atoms. The lowest BCUT2D eigenvalue weighted by Crippen LogP contribution is -2.32. The first-order valence-corrected chi connectivity index (χ1v) is 9.87. The first-order valence-electron chi connectivity index (χ1n) is 9.05. The number of aryl methyl sites for hydroxylation is 2. The van der Waals surface area contributed by atoms with Crippen LogP contribution >= 0.6 is 11.3 Å². The third kappa shape index (κ3) is 2.12. The quantitative estimate of drug-likeness (QED) is 0.385. The SMILES string of the molecule is Cc1c2c(cc3ccccc13)Oc1c(CC(C)C)sc3nc[n+](C)c-2c13. The molecule has 3 nitrogen and oxygen atoms in total. The minimum atomic E-state index is 0.583. The van der Waals surface area contributed by atoms with E-state index in [0.29, 0.717) is 5.92 Å². The molecule has 0 amide bonds. The Kier molecular flexibility index (Phi) is 3.35. The maximum Gasteiger partial charge on any atom is 0.288 e. The van der Waals surface area contributed by atoms with E-state index in [0.717, 1.165) is 22.8 Å². The van der Waals surface area contributed by atoms with Crippen molar-refractivity contribution in [1.82, 2.24) is 4.98 Å². The van der Waals surface area contributed by atoms with Crippen molar-refractivity contribution in [3.05, 3.63) is 47.1 Å². The van der Waals surface area contributed by atoms with Crippen molar-refractivity contribution >= 4 is 32.3 Å². The van der Waals surface area contributed by atoms with Crippen molar-refractivity contribution in [2.24, 2.45) is 13.0 Å². The minimum Gasteiger partial charge on any atom is -0.454 e. The second-order valence-corrected chi connectivity index (χ2v) is 8.62. The van der Waals surface area contributed by atoms with E-state index in [-0.39, 0.29) is 0 Å². The summed E-state index contributed by atoms with van der Waals surface area (Å²) in [4.78, 5) is 7.05. The van der Waals surface area contributed by atoms with E-state index in [1.165, 1.54) is 37.9 Å². The zero-order valence-corrected chi connectivity index (χ0v) is 16.3. The van der Waals surface area contributed by atoms with Gasteiger partial charge >= 0.3 is 0 Å². The molecule has 0 atom stereocenters. The highest BCUT2D eigenvalue weighted by atomic mass is 32.1. The second-order valence-electron chi connectivity index (χ2n) is 7.53. The van der Waals surface area contributed by atoms with Crippen LogP contribution in [-0.4, -0.2) is 4.98 Å². The lowest BCUT2D eigenvalue weighted by Gasteiger charge is -2.21. The highest BCUT2D eigenvalue weighted by Gasteiger charge is 2.33. The summed E-state index contributed by atoms with van der Waals surface area (Å²) in [7, 11) is 2.08. The Hall–Kier alpha value is -2.46. The monoisotopic (exact) mass is 361 g/mol. The summed E-state index contributed by atoms with van der Waals surface area (Å²) >= 11 is 1.77. The molecule has 0 saturated heterocycles. The van der Waals surface area contributed by atoms with Crippen molar-refractivity contribution < 1.29 is 9.30 Å². The number of benzene rings is 2. The summed E-state index contributed by atoms with van der Waals surface area (Å²) in [5, 5.41) is 3.67. The average molecular weight is 361 g/mol. The fourth-order valence-corrected chi connectivity index (χ4v) is 5.30. The van der Waals surface area contributed by atoms with Crippen LogP contribution in [0.15, 0.2) is 36.7 Å². The van der Waals surface area contributed by atoms with Crippen LogP contribution in [0.2, 0.25) is 0 Å². The minimum absolute atomic E-state index is 0.583. The van der Waals surface area contributed by atoms with Gasteiger partial charge in [-0.25, -0.2) is 4.57 Å². The Labute approximate surface area is 156 Å². The van der Waals surface area contributed by atoms with Gasteiger partial charge in [0, 0.05) is 0 Å². The molecule has 0 saturated carbocycles. The van der Waals surface area contributed by atoms with Crippen LogP contribution in [0.4, 0.5) is 0 Å². The summed E-state index contributed by atoms with van der Waals surface area (Å²) < 4.78 is 8.66. The molecule has 3 heterocycles. The Morgan fingerprint density at radius 1 is 1.23 bits per heavy atom. The van der Waals surface area contributed by atoms with Gasteiger partial charge in [-0.3, -0.25) is 0 Å². The van der Waals surface area contributed by atoms with Gasteiger partial charge in [0.05, 0.1) is 17.5 Å². The molecule has 0 fully saturated rings. The fourth-order valence-electron chi connectivity index (χ4n) is 4.02. The number of fused-ring (bicyclic) bond motifs is 3. The Bertz CT molecular complexity index is 1190. The fraction of sp³-hybridized carbons (Fsp3) is 0.273. The Balaban J connectivity index is 1.91. The highest BCUT2D eigenvalue weighted by Crippen LogP contribution is 2.52. The van der Waals surface area contributed by atoms with Gasteiger partial charge in [0.1, 0.15) is 11.1 Å². The van der Waals surface area contributed by atoms with Crippen LogP contribution in [0.3, 0.4) is 0 Å². The molecule has 5 rings (SSSR count). The van der Waals surface area contributed by atoms with Gasteiger partial charge in [0.25, 0.3) is 6.33 Å². The molecular formula is C22H21N2OS+. The molecule has 1 aliphatic rings. The van der Waals surface area contributed by atoms with Crippen LogP contribution in [0.1, 0.15) is 24.3 Å². The summed E-state index contributed by atoms with van der Waals surface area (Å²) in [6.45, 7) is 6.70. The third-order valence-corrected chi connectivity index (χ3v) is 6.27. The number of thiophene rings is 1. The van der Waals surface area contributed by atoms with Gasteiger partial charge < -0.3 is 4.74 Å². The van der Waals surface area contributed by atoms with Gasteiger partial charge in [-0.2, -0.15) is 0 Å². The molecule has 0 aliphatic carbocycles. The van der Waals surface area contributed by atoms with E-state index in [1.807, 2.05) is 6.33 Å². The van der Waals surface area contributed by atoms with Crippen molar-refractivity contribution in [3.63, 3.8) is 0 Å². The third-order valence-electron chi connectivity index (χ3n) is 5.17. The van der Waals surface area contributed by atoms with E-state index in [2.05, 4.69) is 67.7 Å². The maximum absolute atomic E-state index is 6.52. The summed E-state index contributed by atoms with van der Waals surface area (Å²) in [5.74, 6) is 2.56. The van der Waals surface area contributed by atoms with Gasteiger partial charge in [-0.1, -0.05) is 49.4 Å².